The van der Waals surface area contributed by atoms with Gasteiger partial charge in [-0.15, -0.1) is 0 Å². The van der Waals surface area contributed by atoms with E-state index in [0.29, 0.717) is 23.2 Å². The number of pyridine rings is 1. The van der Waals surface area contributed by atoms with Crippen LogP contribution in [0.15, 0.2) is 24.5 Å². The number of rotatable bonds is 6. The number of ether oxygens (including phenoxy) is 1. The smallest absolute Gasteiger partial charge is 0.223 e. The highest BCUT2D eigenvalue weighted by Gasteiger charge is 2.57. The predicted octanol–water partition coefficient (Wildman–Crippen LogP) is 4.71. The van der Waals surface area contributed by atoms with Gasteiger partial charge in [0, 0.05) is 42.8 Å². The van der Waals surface area contributed by atoms with Crippen molar-refractivity contribution in [3.63, 3.8) is 0 Å². The molecule has 2 heterocycles. The van der Waals surface area contributed by atoms with Gasteiger partial charge in [-0.25, -0.2) is 0 Å². The van der Waals surface area contributed by atoms with E-state index in [1.165, 1.54) is 38.5 Å². The Morgan fingerprint density at radius 3 is 2.75 bits per heavy atom. The zero-order valence-corrected chi connectivity index (χ0v) is 18.2. The van der Waals surface area contributed by atoms with E-state index in [-0.39, 0.29) is 11.5 Å². The Kier molecular flexibility index (Phi) is 5.03. The highest BCUT2D eigenvalue weighted by Crippen LogP contribution is 2.65. The number of amides is 1. The molecule has 0 radical (unpaired) electrons. The maximum Gasteiger partial charge on any atom is 0.223 e. The van der Waals surface area contributed by atoms with E-state index >= 15 is 0 Å². The first-order valence-corrected chi connectivity index (χ1v) is 11.8. The molecule has 5 fully saturated rings. The highest BCUT2D eigenvalue weighted by atomic mass is 79.9. The summed E-state index contributed by atoms with van der Waals surface area (Å²) in [6, 6.07) is 4.03. The lowest BCUT2D eigenvalue weighted by Gasteiger charge is -2.60. The number of alkyl halides is 1. The Bertz CT molecular complexity index is 705. The average Bonchev–Trinajstić information content (AvgIpc) is 3.12. The van der Waals surface area contributed by atoms with E-state index in [1.807, 2.05) is 12.3 Å². The molecule has 0 N–H and O–H groups in total. The second-order valence-corrected chi connectivity index (χ2v) is 11.7. The molecule has 1 aliphatic heterocycles. The standard InChI is InChI=1S/C23H31BrN2O2/c24-23-10-18-7-19(11-23)9-22(8-18,16-23)12-21(27)26(15-20-4-2-6-28-20)14-17-3-1-5-25-13-17/h1,3,5,13,18-20H,2,4,6-12,14-16H2. The fourth-order valence-corrected chi connectivity index (χ4v) is 8.49. The van der Waals surface area contributed by atoms with Gasteiger partial charge < -0.3 is 9.64 Å². The van der Waals surface area contributed by atoms with Crippen molar-refractivity contribution in [1.82, 2.24) is 9.88 Å². The fourth-order valence-electron chi connectivity index (χ4n) is 6.98. The summed E-state index contributed by atoms with van der Waals surface area (Å²) in [4.78, 5) is 19.9. The van der Waals surface area contributed by atoms with Gasteiger partial charge in [0.05, 0.1) is 6.10 Å². The summed E-state index contributed by atoms with van der Waals surface area (Å²) >= 11 is 4.09. The van der Waals surface area contributed by atoms with E-state index in [0.717, 1.165) is 43.4 Å². The van der Waals surface area contributed by atoms with Gasteiger partial charge >= 0.3 is 0 Å². The maximum absolute atomic E-state index is 13.6. The van der Waals surface area contributed by atoms with Crippen molar-refractivity contribution < 1.29 is 9.53 Å². The third kappa shape index (κ3) is 3.89. The van der Waals surface area contributed by atoms with Gasteiger partial charge in [0.15, 0.2) is 0 Å². The zero-order valence-electron chi connectivity index (χ0n) is 16.6. The van der Waals surface area contributed by atoms with Crippen molar-refractivity contribution in [2.75, 3.05) is 13.2 Å². The summed E-state index contributed by atoms with van der Waals surface area (Å²) in [6.45, 7) is 2.20. The van der Waals surface area contributed by atoms with Crippen molar-refractivity contribution >= 4 is 21.8 Å². The van der Waals surface area contributed by atoms with Crippen LogP contribution in [0.5, 0.6) is 0 Å². The monoisotopic (exact) mass is 446 g/mol. The molecule has 152 valence electrons. The highest BCUT2D eigenvalue weighted by molar-refractivity contribution is 9.10. The molecule has 3 unspecified atom stereocenters. The van der Waals surface area contributed by atoms with Gasteiger partial charge in [-0.2, -0.15) is 0 Å². The van der Waals surface area contributed by atoms with Crippen molar-refractivity contribution in [3.05, 3.63) is 30.1 Å². The summed E-state index contributed by atoms with van der Waals surface area (Å²) in [6.07, 6.45) is 14.5. The summed E-state index contributed by atoms with van der Waals surface area (Å²) in [5.74, 6) is 1.95. The first kappa shape index (κ1) is 19.0. The maximum atomic E-state index is 13.6. The van der Waals surface area contributed by atoms with Crippen LogP contribution in [0.4, 0.5) is 0 Å². The first-order valence-electron chi connectivity index (χ1n) is 11.0. The van der Waals surface area contributed by atoms with Crippen LogP contribution >= 0.6 is 15.9 Å². The Balaban J connectivity index is 1.32. The second kappa shape index (κ2) is 7.39. The molecule has 5 heteroatoms. The number of carbonyl (C=O) groups is 1. The lowest BCUT2D eigenvalue weighted by Crippen LogP contribution is -2.54. The fraction of sp³-hybridized carbons (Fsp3) is 0.739. The minimum Gasteiger partial charge on any atom is -0.376 e. The van der Waals surface area contributed by atoms with Crippen LogP contribution in [-0.2, 0) is 16.1 Å². The Morgan fingerprint density at radius 1 is 1.29 bits per heavy atom. The van der Waals surface area contributed by atoms with Crippen LogP contribution in [0.3, 0.4) is 0 Å². The van der Waals surface area contributed by atoms with E-state index < -0.39 is 0 Å². The molecule has 1 amide bonds. The molecule has 28 heavy (non-hydrogen) atoms. The molecule has 1 saturated heterocycles. The van der Waals surface area contributed by atoms with E-state index in [4.69, 9.17) is 4.74 Å². The largest absolute Gasteiger partial charge is 0.376 e. The molecule has 4 saturated carbocycles. The third-order valence-electron chi connectivity index (χ3n) is 7.53. The third-order valence-corrected chi connectivity index (χ3v) is 8.46. The number of aromatic nitrogens is 1. The van der Waals surface area contributed by atoms with Crippen LogP contribution in [-0.4, -0.2) is 39.4 Å². The number of nitrogens with zero attached hydrogens (tertiary/aromatic N) is 2. The topological polar surface area (TPSA) is 42.4 Å². The van der Waals surface area contributed by atoms with Gasteiger partial charge in [0.1, 0.15) is 0 Å². The summed E-state index contributed by atoms with van der Waals surface area (Å²) in [5, 5.41) is 0. The van der Waals surface area contributed by atoms with Crippen LogP contribution in [0, 0.1) is 17.3 Å². The molecule has 4 nitrogen and oxygen atoms in total. The molecule has 3 atom stereocenters. The van der Waals surface area contributed by atoms with E-state index in [1.54, 1.807) is 6.20 Å². The molecule has 4 aliphatic carbocycles. The molecular formula is C23H31BrN2O2. The van der Waals surface area contributed by atoms with Crippen LogP contribution in [0.25, 0.3) is 0 Å². The van der Waals surface area contributed by atoms with E-state index in [9.17, 15) is 4.79 Å². The van der Waals surface area contributed by atoms with Gasteiger partial charge in [-0.05, 0) is 80.2 Å². The quantitative estimate of drug-likeness (QED) is 0.593. The molecule has 1 aromatic rings. The van der Waals surface area contributed by atoms with E-state index in [2.05, 4.69) is 31.9 Å². The Labute approximate surface area is 176 Å². The average molecular weight is 447 g/mol. The van der Waals surface area contributed by atoms with Gasteiger partial charge in [0.2, 0.25) is 5.91 Å². The molecule has 0 spiro atoms. The first-order chi connectivity index (χ1) is 13.5. The van der Waals surface area contributed by atoms with Crippen molar-refractivity contribution in [3.8, 4) is 0 Å². The van der Waals surface area contributed by atoms with Crippen LogP contribution in [0.2, 0.25) is 0 Å². The molecule has 5 aliphatic rings. The van der Waals surface area contributed by atoms with Gasteiger partial charge in [0.25, 0.3) is 0 Å². The van der Waals surface area contributed by atoms with Crippen molar-refractivity contribution in [2.45, 2.75) is 74.8 Å². The lowest BCUT2D eigenvalue weighted by atomic mass is 9.48. The Hall–Kier alpha value is -0.940. The lowest BCUT2D eigenvalue weighted by molar-refractivity contribution is -0.140. The second-order valence-electron chi connectivity index (χ2n) is 10.1. The van der Waals surface area contributed by atoms with Crippen molar-refractivity contribution in [2.24, 2.45) is 17.3 Å². The summed E-state index contributed by atoms with van der Waals surface area (Å²) in [5.41, 5.74) is 1.32. The van der Waals surface area contributed by atoms with Gasteiger partial charge in [-0.1, -0.05) is 22.0 Å². The SMILES string of the molecule is O=C(CC12CC3CC(CC(Br)(C3)C1)C2)N(Cc1cccnc1)CC1CCCO1. The minimum absolute atomic E-state index is 0.194. The van der Waals surface area contributed by atoms with Gasteiger partial charge in [-0.3, -0.25) is 9.78 Å². The summed E-state index contributed by atoms with van der Waals surface area (Å²) < 4.78 is 6.17. The molecular weight excluding hydrogens is 416 g/mol. The molecule has 1 aromatic heterocycles. The Morgan fingerprint density at radius 2 is 2.11 bits per heavy atom. The zero-order chi connectivity index (χ0) is 19.2. The predicted molar refractivity (Wildman–Crippen MR) is 112 cm³/mol. The van der Waals surface area contributed by atoms with Crippen LogP contribution < -0.4 is 0 Å². The number of carbonyl (C=O) groups excluding carboxylic acids is 1. The number of halogens is 1. The molecule has 0 aromatic carbocycles. The number of hydrogen-bond acceptors (Lipinski definition) is 3. The summed E-state index contributed by atoms with van der Waals surface area (Å²) in [7, 11) is 0. The normalized spacial score (nSPS) is 38.7. The minimum atomic E-state index is 0.194. The molecule has 4 bridgehead atoms. The van der Waals surface area contributed by atoms with Crippen molar-refractivity contribution in [1.29, 1.82) is 0 Å². The molecule has 6 rings (SSSR count). The van der Waals surface area contributed by atoms with Crippen LogP contribution in [0.1, 0.15) is 63.4 Å². The number of hydrogen-bond donors (Lipinski definition) is 0.